The van der Waals surface area contributed by atoms with Crippen LogP contribution in [0.25, 0.3) is 0 Å². The number of ether oxygens (including phenoxy) is 1. The van der Waals surface area contributed by atoms with Crippen LogP contribution in [0.4, 0.5) is 0 Å². The van der Waals surface area contributed by atoms with E-state index >= 15 is 0 Å². The molecule has 0 radical (unpaired) electrons. The molecule has 9 heteroatoms. The maximum Gasteiger partial charge on any atom is 0.328 e. The molecule has 292 valence electrons. The lowest BCUT2D eigenvalue weighted by atomic mass is 10.1. The zero-order valence-electron chi connectivity index (χ0n) is 32.0. The van der Waals surface area contributed by atoms with E-state index in [1.54, 1.807) is 0 Å². The molecule has 9 nitrogen and oxygen atoms in total. The van der Waals surface area contributed by atoms with Gasteiger partial charge >= 0.3 is 11.9 Å². The lowest BCUT2D eigenvalue weighted by Crippen LogP contribution is -2.47. The first-order valence-corrected chi connectivity index (χ1v) is 19.5. The molecule has 4 N–H and O–H groups in total. The third-order valence-electron chi connectivity index (χ3n) is 7.85. The summed E-state index contributed by atoms with van der Waals surface area (Å²) >= 11 is 0. The van der Waals surface area contributed by atoms with Gasteiger partial charge in [-0.15, -0.1) is 0 Å². The van der Waals surface area contributed by atoms with Gasteiger partial charge in [0.25, 0.3) is 0 Å². The first-order valence-electron chi connectivity index (χ1n) is 19.5. The highest BCUT2D eigenvalue weighted by Gasteiger charge is 2.18. The summed E-state index contributed by atoms with van der Waals surface area (Å²) in [7, 11) is 0. The standard InChI is InChI=1S/C43H68N2O7/c1-3-5-7-9-10-11-12-13-14-15-16-17-18-19-20-21-22-27-31-35-42(49)52-38(32-28-24-8-6-4-2)33-29-25-23-26-30-34-40(47)44-36-41(48)45-39(37-46)43(50)51/h5-8,10-11,13-14,16-17,28-29,32-33,38-39,46H,3-4,9,12,15,18-27,30-31,34-37H2,1-2H3,(H,44,47)(H,45,48)(H,50,51)/b7-5-,8-6-,11-10-,14-13-,17-16-,32-28-,33-29-. The quantitative estimate of drug-likeness (QED) is 0.0301. The molecule has 0 rings (SSSR count). The van der Waals surface area contributed by atoms with Crippen LogP contribution >= 0.6 is 0 Å². The number of nitrogens with one attached hydrogen (secondary N) is 2. The van der Waals surface area contributed by atoms with Crippen LogP contribution in [-0.2, 0) is 23.9 Å². The zero-order valence-corrected chi connectivity index (χ0v) is 32.0. The van der Waals surface area contributed by atoms with Crippen LogP contribution in [0.1, 0.15) is 136 Å². The second-order valence-electron chi connectivity index (χ2n) is 12.6. The second kappa shape index (κ2) is 36.8. The molecule has 0 aromatic rings. The van der Waals surface area contributed by atoms with Gasteiger partial charge in [0.15, 0.2) is 0 Å². The Balaban J connectivity index is 4.21. The molecular formula is C43H68N2O7. The van der Waals surface area contributed by atoms with Gasteiger partial charge in [0.2, 0.25) is 11.8 Å². The van der Waals surface area contributed by atoms with Crippen molar-refractivity contribution in [2.45, 2.75) is 148 Å². The van der Waals surface area contributed by atoms with Gasteiger partial charge in [0, 0.05) is 12.8 Å². The number of aliphatic hydroxyl groups is 1. The Kier molecular flexibility index (Phi) is 34.0. The van der Waals surface area contributed by atoms with Gasteiger partial charge in [0.1, 0.15) is 12.1 Å². The molecule has 2 amide bonds. The van der Waals surface area contributed by atoms with Crippen LogP contribution in [-0.4, -0.2) is 59.3 Å². The number of unbranched alkanes of at least 4 members (excludes halogenated alkanes) is 9. The smallest absolute Gasteiger partial charge is 0.328 e. The van der Waals surface area contributed by atoms with Crippen molar-refractivity contribution in [2.24, 2.45) is 0 Å². The lowest BCUT2D eigenvalue weighted by molar-refractivity contribution is -0.145. The highest BCUT2D eigenvalue weighted by Crippen LogP contribution is 2.12. The van der Waals surface area contributed by atoms with Gasteiger partial charge in [-0.05, 0) is 89.2 Å². The van der Waals surface area contributed by atoms with Crippen molar-refractivity contribution < 1.29 is 34.1 Å². The van der Waals surface area contributed by atoms with E-state index in [1.165, 1.54) is 19.3 Å². The molecule has 2 atom stereocenters. The molecule has 2 unspecified atom stereocenters. The molecule has 0 heterocycles. The van der Waals surface area contributed by atoms with Crippen molar-refractivity contribution >= 4 is 23.8 Å². The Morgan fingerprint density at radius 2 is 1.06 bits per heavy atom. The van der Waals surface area contributed by atoms with Crippen molar-refractivity contribution in [3.63, 3.8) is 0 Å². The van der Waals surface area contributed by atoms with Gasteiger partial charge in [-0.3, -0.25) is 14.4 Å². The number of aliphatic carboxylic acids is 1. The summed E-state index contributed by atoms with van der Waals surface area (Å²) in [5.41, 5.74) is 0. The van der Waals surface area contributed by atoms with Gasteiger partial charge in [0.05, 0.1) is 13.2 Å². The lowest BCUT2D eigenvalue weighted by Gasteiger charge is -2.12. The maximum absolute atomic E-state index is 12.6. The number of carbonyl (C=O) groups excluding carboxylic acids is 3. The Morgan fingerprint density at radius 3 is 1.65 bits per heavy atom. The molecule has 0 aliphatic heterocycles. The molecule has 0 aliphatic rings. The minimum atomic E-state index is -1.40. The summed E-state index contributed by atoms with van der Waals surface area (Å²) in [5.74, 6) is -2.50. The molecule has 0 saturated carbocycles. The predicted molar refractivity (Wildman–Crippen MR) is 213 cm³/mol. The van der Waals surface area contributed by atoms with Crippen molar-refractivity contribution in [2.75, 3.05) is 13.2 Å². The fourth-order valence-corrected chi connectivity index (χ4v) is 4.90. The second-order valence-corrected chi connectivity index (χ2v) is 12.6. The summed E-state index contributed by atoms with van der Waals surface area (Å²) in [5, 5.41) is 22.4. The van der Waals surface area contributed by atoms with Gasteiger partial charge in [-0.2, -0.15) is 0 Å². The Labute approximate surface area is 314 Å². The molecular weight excluding hydrogens is 656 g/mol. The third kappa shape index (κ3) is 33.2. The van der Waals surface area contributed by atoms with Crippen LogP contribution in [0.15, 0.2) is 85.1 Å². The van der Waals surface area contributed by atoms with Crippen LogP contribution in [0.3, 0.4) is 0 Å². The van der Waals surface area contributed by atoms with E-state index < -0.39 is 30.6 Å². The maximum atomic E-state index is 12.6. The molecule has 0 bridgehead atoms. The first-order chi connectivity index (χ1) is 25.3. The summed E-state index contributed by atoms with van der Waals surface area (Å²) in [6.45, 7) is 3.16. The molecule has 0 aliphatic carbocycles. The van der Waals surface area contributed by atoms with E-state index in [4.69, 9.17) is 14.9 Å². The van der Waals surface area contributed by atoms with Crippen LogP contribution < -0.4 is 10.6 Å². The molecule has 0 fully saturated rings. The number of carboxylic acids is 1. The van der Waals surface area contributed by atoms with Crippen LogP contribution in [0.5, 0.6) is 0 Å². The number of allylic oxidation sites excluding steroid dienone is 12. The molecule has 0 aromatic heterocycles. The monoisotopic (exact) mass is 725 g/mol. The van der Waals surface area contributed by atoms with Gasteiger partial charge < -0.3 is 25.6 Å². The molecule has 0 spiro atoms. The average Bonchev–Trinajstić information content (AvgIpc) is 3.13. The fourth-order valence-electron chi connectivity index (χ4n) is 4.90. The molecule has 0 aromatic carbocycles. The number of hydrogen-bond acceptors (Lipinski definition) is 6. The number of aliphatic hydroxyl groups excluding tert-OH is 1. The number of amides is 2. The number of carbonyl (C=O) groups is 4. The van der Waals surface area contributed by atoms with Gasteiger partial charge in [-0.25, -0.2) is 4.79 Å². The topological polar surface area (TPSA) is 142 Å². The summed E-state index contributed by atoms with van der Waals surface area (Å²) in [4.78, 5) is 47.2. The minimum absolute atomic E-state index is 0.183. The Morgan fingerprint density at radius 1 is 0.577 bits per heavy atom. The number of hydrogen-bond donors (Lipinski definition) is 4. The predicted octanol–water partition coefficient (Wildman–Crippen LogP) is 8.92. The normalized spacial score (nSPS) is 13.4. The van der Waals surface area contributed by atoms with E-state index in [9.17, 15) is 19.2 Å². The average molecular weight is 725 g/mol. The largest absolute Gasteiger partial charge is 0.480 e. The van der Waals surface area contributed by atoms with Gasteiger partial charge in [-0.1, -0.05) is 119 Å². The van der Waals surface area contributed by atoms with E-state index in [0.717, 1.165) is 83.5 Å². The van der Waals surface area contributed by atoms with E-state index in [1.807, 2.05) is 24.3 Å². The first kappa shape index (κ1) is 48.0. The number of carboxylic acid groups (broad SMARTS) is 1. The van der Waals surface area contributed by atoms with Crippen LogP contribution in [0.2, 0.25) is 0 Å². The number of rotatable bonds is 33. The van der Waals surface area contributed by atoms with Crippen molar-refractivity contribution in [3.8, 4) is 0 Å². The Bertz CT molecular complexity index is 1150. The van der Waals surface area contributed by atoms with Crippen LogP contribution in [0, 0.1) is 0 Å². The highest BCUT2D eigenvalue weighted by atomic mass is 16.5. The summed E-state index contributed by atoms with van der Waals surface area (Å²) < 4.78 is 5.76. The summed E-state index contributed by atoms with van der Waals surface area (Å²) in [6.07, 6.45) is 46.7. The van der Waals surface area contributed by atoms with Crippen molar-refractivity contribution in [3.05, 3.63) is 85.1 Å². The highest BCUT2D eigenvalue weighted by molar-refractivity contribution is 5.87. The van der Waals surface area contributed by atoms with Crippen molar-refractivity contribution in [1.82, 2.24) is 10.6 Å². The zero-order chi connectivity index (χ0) is 38.3. The summed E-state index contributed by atoms with van der Waals surface area (Å²) in [6, 6.07) is -1.40. The minimum Gasteiger partial charge on any atom is -0.480 e. The molecule has 52 heavy (non-hydrogen) atoms. The van der Waals surface area contributed by atoms with Crippen molar-refractivity contribution in [1.29, 1.82) is 0 Å². The molecule has 0 saturated heterocycles. The number of esters is 1. The van der Waals surface area contributed by atoms with E-state index in [0.29, 0.717) is 12.8 Å². The van der Waals surface area contributed by atoms with E-state index in [-0.39, 0.29) is 24.8 Å². The third-order valence-corrected chi connectivity index (χ3v) is 7.85. The fraction of sp³-hybridized carbons (Fsp3) is 0.581. The Hall–Kier alpha value is -3.98. The van der Waals surface area contributed by atoms with E-state index in [2.05, 4.69) is 85.2 Å². The SMILES string of the molecule is CC/C=C\C/C=C\C/C=C\C/C=C\CCCCCCCCC(=O)OC(/C=C\C/C=C\CC)/C=C\CCCCCC(=O)NCC(=O)NC(CO)C(=O)O.